The number of hydrogen-bond acceptors (Lipinski definition) is 7. The highest BCUT2D eigenvalue weighted by atomic mass is 16.6. The van der Waals surface area contributed by atoms with Crippen LogP contribution in [0.2, 0.25) is 0 Å². The Hall–Kier alpha value is -5.05. The fourth-order valence-electron chi connectivity index (χ4n) is 6.50. The average molecular weight is 616 g/mol. The minimum Gasteiger partial charge on any atom is -0.313 e. The Bertz CT molecular complexity index is 1810. The third-order valence-corrected chi connectivity index (χ3v) is 8.65. The number of nitro groups is 1. The van der Waals surface area contributed by atoms with Crippen molar-refractivity contribution in [3.05, 3.63) is 142 Å². The van der Waals surface area contributed by atoms with Crippen molar-refractivity contribution in [1.29, 1.82) is 0 Å². The van der Waals surface area contributed by atoms with Crippen molar-refractivity contribution in [2.75, 3.05) is 6.54 Å². The summed E-state index contributed by atoms with van der Waals surface area (Å²) in [5.41, 5.74) is -0.990. The van der Waals surface area contributed by atoms with Gasteiger partial charge in [-0.3, -0.25) is 24.7 Å². The second-order valence-corrected chi connectivity index (χ2v) is 11.9. The second-order valence-electron chi connectivity index (χ2n) is 11.9. The quantitative estimate of drug-likeness (QED) is 0.0788. The maximum Gasteiger partial charge on any atom is 0.269 e. The first-order chi connectivity index (χ1) is 22.2. The molecule has 234 valence electrons. The summed E-state index contributed by atoms with van der Waals surface area (Å²) in [6, 6.07) is 24.5. The van der Waals surface area contributed by atoms with Gasteiger partial charge in [-0.15, -0.1) is 0 Å². The van der Waals surface area contributed by atoms with Crippen LogP contribution < -0.4 is 0 Å². The summed E-state index contributed by atoms with van der Waals surface area (Å²) in [6.07, 6.45) is 12.8. The molecule has 0 bridgehead atoms. The first kappa shape index (κ1) is 32.3. The van der Waals surface area contributed by atoms with Gasteiger partial charge >= 0.3 is 0 Å². The van der Waals surface area contributed by atoms with Crippen LogP contribution in [0.1, 0.15) is 49.8 Å². The van der Waals surface area contributed by atoms with Gasteiger partial charge in [0.1, 0.15) is 5.54 Å². The first-order valence-corrected chi connectivity index (χ1v) is 15.4. The Kier molecular flexibility index (Phi) is 9.80. The van der Waals surface area contributed by atoms with E-state index in [0.717, 1.165) is 16.0 Å². The highest BCUT2D eigenvalue weighted by Crippen LogP contribution is 2.55. The zero-order valence-electron chi connectivity index (χ0n) is 26.0. The zero-order chi connectivity index (χ0) is 32.7. The smallest absolute Gasteiger partial charge is 0.269 e. The SMILES string of the molecule is CC(C)C=CCC1(C(=O)C=Cc2ccccc2)CCCN(O)C1(C(=O)C=Cc1ccc([N+](=O)[O-])cc1)c1cccc2cccnc12. The third-order valence-electron chi connectivity index (χ3n) is 8.65. The molecule has 2 unspecified atom stereocenters. The summed E-state index contributed by atoms with van der Waals surface area (Å²) < 4.78 is 0. The number of piperidine rings is 1. The lowest BCUT2D eigenvalue weighted by Crippen LogP contribution is -2.66. The molecule has 4 aromatic rings. The molecule has 2 heterocycles. The number of rotatable bonds is 11. The van der Waals surface area contributed by atoms with E-state index in [2.05, 4.69) is 4.98 Å². The minimum absolute atomic E-state index is 0.0673. The number of nitrogens with zero attached hydrogens (tertiary/aromatic N) is 3. The summed E-state index contributed by atoms with van der Waals surface area (Å²) in [6.45, 7) is 4.24. The topological polar surface area (TPSA) is 114 Å². The standard InChI is InChI=1S/C38H37N3O5/c1-28(2)10-7-24-37(34(42)22-18-29-11-4-3-5-12-29)25-9-27-40(44)38(37,33-15-6-13-31-14-8-26-39-36(31)33)35(43)23-19-30-16-20-32(21-17-30)41(45)46/h3-8,10-23,26,28,44H,9,24-25,27H2,1-2H3. The number of carbonyl (C=O) groups excluding carboxylic acids is 2. The molecule has 46 heavy (non-hydrogen) atoms. The van der Waals surface area contributed by atoms with Crippen molar-refractivity contribution in [1.82, 2.24) is 10.0 Å². The van der Waals surface area contributed by atoms with Crippen LogP contribution in [0.3, 0.4) is 0 Å². The molecule has 3 aromatic carbocycles. The van der Waals surface area contributed by atoms with Gasteiger partial charge in [0.05, 0.1) is 15.9 Å². The molecule has 0 amide bonds. The Morgan fingerprint density at radius 2 is 1.61 bits per heavy atom. The molecule has 1 N–H and O–H groups in total. The number of hydroxylamine groups is 2. The molecule has 8 nitrogen and oxygen atoms in total. The predicted octanol–water partition coefficient (Wildman–Crippen LogP) is 7.98. The molecule has 1 fully saturated rings. The van der Waals surface area contributed by atoms with Crippen molar-refractivity contribution >= 4 is 40.3 Å². The number of para-hydroxylation sites is 1. The number of allylic oxidation sites excluding steroid dienone is 3. The highest BCUT2D eigenvalue weighted by Gasteiger charge is 2.64. The van der Waals surface area contributed by atoms with E-state index in [1.807, 2.05) is 74.5 Å². The van der Waals surface area contributed by atoms with Gasteiger partial charge in [-0.2, -0.15) is 5.06 Å². The lowest BCUT2D eigenvalue weighted by atomic mass is 9.55. The van der Waals surface area contributed by atoms with Crippen LogP contribution in [0.25, 0.3) is 23.1 Å². The number of nitro benzene ring substituents is 1. The van der Waals surface area contributed by atoms with E-state index in [4.69, 9.17) is 0 Å². The fraction of sp³-hybridized carbons (Fsp3) is 0.237. The number of ketones is 2. The molecule has 1 aromatic heterocycles. The van der Waals surface area contributed by atoms with Crippen molar-refractivity contribution in [3.63, 3.8) is 0 Å². The number of benzene rings is 3. The van der Waals surface area contributed by atoms with Crippen LogP contribution in [0.15, 0.2) is 115 Å². The molecule has 2 atom stereocenters. The van der Waals surface area contributed by atoms with E-state index in [-0.39, 0.29) is 30.4 Å². The first-order valence-electron chi connectivity index (χ1n) is 15.4. The second kappa shape index (κ2) is 13.9. The number of fused-ring (bicyclic) bond motifs is 1. The van der Waals surface area contributed by atoms with Gasteiger partial charge in [0.25, 0.3) is 5.69 Å². The monoisotopic (exact) mass is 615 g/mol. The van der Waals surface area contributed by atoms with Crippen LogP contribution >= 0.6 is 0 Å². The van der Waals surface area contributed by atoms with Gasteiger partial charge in [0, 0.05) is 35.8 Å². The molecule has 5 rings (SSSR count). The lowest BCUT2D eigenvalue weighted by Gasteiger charge is -2.54. The van der Waals surface area contributed by atoms with Gasteiger partial charge in [-0.25, -0.2) is 0 Å². The Balaban J connectivity index is 1.77. The molecule has 1 saturated heterocycles. The molecule has 0 spiro atoms. The van der Waals surface area contributed by atoms with Crippen molar-refractivity contribution in [3.8, 4) is 0 Å². The third kappa shape index (κ3) is 6.22. The van der Waals surface area contributed by atoms with Crippen LogP contribution in [0.4, 0.5) is 5.69 Å². The molecule has 0 radical (unpaired) electrons. The van der Waals surface area contributed by atoms with E-state index < -0.39 is 21.7 Å². The van der Waals surface area contributed by atoms with Crippen LogP contribution in [-0.2, 0) is 15.1 Å². The number of carbonyl (C=O) groups is 2. The number of hydrogen-bond donors (Lipinski definition) is 1. The molecular weight excluding hydrogens is 578 g/mol. The van der Waals surface area contributed by atoms with E-state index in [1.165, 1.54) is 24.3 Å². The maximum absolute atomic E-state index is 15.0. The maximum atomic E-state index is 15.0. The van der Waals surface area contributed by atoms with Gasteiger partial charge in [0.15, 0.2) is 11.6 Å². The van der Waals surface area contributed by atoms with E-state index in [0.29, 0.717) is 29.5 Å². The molecule has 0 aliphatic carbocycles. The van der Waals surface area contributed by atoms with Crippen molar-refractivity contribution < 1.29 is 19.7 Å². The van der Waals surface area contributed by atoms with Crippen LogP contribution in [0.5, 0.6) is 0 Å². The van der Waals surface area contributed by atoms with Crippen molar-refractivity contribution in [2.45, 2.75) is 38.6 Å². The Morgan fingerprint density at radius 1 is 0.935 bits per heavy atom. The van der Waals surface area contributed by atoms with E-state index in [1.54, 1.807) is 42.6 Å². The van der Waals surface area contributed by atoms with Gasteiger partial charge in [0.2, 0.25) is 0 Å². The molecule has 1 aliphatic heterocycles. The van der Waals surface area contributed by atoms with Crippen LogP contribution in [0, 0.1) is 21.4 Å². The lowest BCUT2D eigenvalue weighted by molar-refractivity contribution is -0.384. The Labute approximate surface area is 268 Å². The summed E-state index contributed by atoms with van der Waals surface area (Å²) in [7, 11) is 0. The number of pyridine rings is 1. The van der Waals surface area contributed by atoms with E-state index in [9.17, 15) is 24.9 Å². The Morgan fingerprint density at radius 3 is 2.30 bits per heavy atom. The summed E-state index contributed by atoms with van der Waals surface area (Å²) in [5, 5.41) is 25.0. The summed E-state index contributed by atoms with van der Waals surface area (Å²) in [5.74, 6) is -0.577. The van der Waals surface area contributed by atoms with Gasteiger partial charge in [-0.1, -0.05) is 92.7 Å². The van der Waals surface area contributed by atoms with Gasteiger partial charge in [-0.05, 0) is 66.7 Å². The van der Waals surface area contributed by atoms with Crippen LogP contribution in [-0.4, -0.2) is 38.3 Å². The predicted molar refractivity (Wildman–Crippen MR) is 180 cm³/mol. The minimum atomic E-state index is -1.85. The normalized spacial score (nSPS) is 20.7. The van der Waals surface area contributed by atoms with Crippen molar-refractivity contribution in [2.24, 2.45) is 11.3 Å². The number of aromatic nitrogens is 1. The molecule has 1 aliphatic rings. The number of non-ortho nitro benzene ring substituents is 1. The van der Waals surface area contributed by atoms with Gasteiger partial charge < -0.3 is 5.21 Å². The zero-order valence-corrected chi connectivity index (χ0v) is 26.0. The molecule has 0 saturated carbocycles. The largest absolute Gasteiger partial charge is 0.313 e. The molecular formula is C38H37N3O5. The highest BCUT2D eigenvalue weighted by molar-refractivity contribution is 6.11. The average Bonchev–Trinajstić information content (AvgIpc) is 3.06. The molecule has 8 heteroatoms. The fourth-order valence-corrected chi connectivity index (χ4v) is 6.50. The summed E-state index contributed by atoms with van der Waals surface area (Å²) >= 11 is 0. The van der Waals surface area contributed by atoms with E-state index >= 15 is 0 Å². The summed E-state index contributed by atoms with van der Waals surface area (Å²) in [4.78, 5) is 45.2.